The maximum absolute atomic E-state index is 7.91. The van der Waals surface area contributed by atoms with Crippen molar-refractivity contribution in [3.05, 3.63) is 0 Å². The first kappa shape index (κ1) is 6.73. The molecule has 4 heteroatoms. The number of thiocarbonyl (C=S) groups is 1. The van der Waals surface area contributed by atoms with Crippen LogP contribution in [0.25, 0.3) is 0 Å². The van der Waals surface area contributed by atoms with Crippen LogP contribution in [0.15, 0.2) is 0 Å². The molecule has 0 aromatic carbocycles. The number of rotatable bonds is 0. The van der Waals surface area contributed by atoms with E-state index < -0.39 is 0 Å². The summed E-state index contributed by atoms with van der Waals surface area (Å²) in [7, 11) is 1.44. The molecule has 0 aromatic rings. The number of nitrogens with zero attached hydrogens (tertiary/aromatic N) is 1. The van der Waals surface area contributed by atoms with Gasteiger partial charge < -0.3 is 4.74 Å². The van der Waals surface area contributed by atoms with Crippen LogP contribution in [0.1, 0.15) is 0 Å². The molecule has 0 aliphatic rings. The largest absolute Gasteiger partial charge is 0.481 e. The van der Waals surface area contributed by atoms with Crippen LogP contribution in [0.4, 0.5) is 0 Å². The van der Waals surface area contributed by atoms with Gasteiger partial charge in [-0.15, -0.1) is 0 Å². The average Bonchev–Trinajstić information content (AvgIpc) is 1.68. The van der Waals surface area contributed by atoms with Crippen molar-refractivity contribution in [1.82, 2.24) is 0 Å². The molecule has 0 heterocycles. The number of hydrogen-bond donors (Lipinski definition) is 0. The van der Waals surface area contributed by atoms with Crippen molar-refractivity contribution in [2.75, 3.05) is 7.11 Å². The molecule has 0 spiro atoms. The number of thioether (sulfide) groups is 1. The summed E-state index contributed by atoms with van der Waals surface area (Å²) in [5.74, 6) is 0. The zero-order valence-corrected chi connectivity index (χ0v) is 5.30. The molecule has 0 unspecified atom stereocenters. The van der Waals surface area contributed by atoms with E-state index in [1.165, 1.54) is 7.11 Å². The quantitative estimate of drug-likeness (QED) is 0.366. The molecule has 38 valence electrons. The van der Waals surface area contributed by atoms with Crippen molar-refractivity contribution in [3.63, 3.8) is 0 Å². The molecule has 0 bridgehead atoms. The Labute approximate surface area is 51.5 Å². The van der Waals surface area contributed by atoms with Crippen LogP contribution in [-0.4, -0.2) is 11.5 Å². The highest BCUT2D eigenvalue weighted by Crippen LogP contribution is 1.99. The summed E-state index contributed by atoms with van der Waals surface area (Å²) in [5, 5.41) is 9.68. The van der Waals surface area contributed by atoms with Crippen LogP contribution < -0.4 is 0 Å². The van der Waals surface area contributed by atoms with Gasteiger partial charge in [-0.1, -0.05) is 0 Å². The van der Waals surface area contributed by atoms with Gasteiger partial charge in [0.05, 0.1) is 7.11 Å². The normalized spacial score (nSPS) is 6.86. The average molecular weight is 133 g/mol. The lowest BCUT2D eigenvalue weighted by atomic mass is 11.5. The molecule has 7 heavy (non-hydrogen) atoms. The fourth-order valence-corrected chi connectivity index (χ4v) is 0.349. The van der Waals surface area contributed by atoms with Crippen LogP contribution in [-0.2, 0) is 4.74 Å². The summed E-state index contributed by atoms with van der Waals surface area (Å²) in [4.78, 5) is 0. The first-order chi connectivity index (χ1) is 3.31. The van der Waals surface area contributed by atoms with Crippen molar-refractivity contribution in [1.29, 1.82) is 5.26 Å². The Morgan fingerprint density at radius 2 is 2.57 bits per heavy atom. The van der Waals surface area contributed by atoms with E-state index in [0.717, 1.165) is 11.8 Å². The minimum absolute atomic E-state index is 0.266. The van der Waals surface area contributed by atoms with Crippen LogP contribution in [0, 0.1) is 10.7 Å². The summed E-state index contributed by atoms with van der Waals surface area (Å²) >= 11 is 5.32. The molecular formula is C3H3NOS2. The molecule has 0 N–H and O–H groups in total. The highest BCUT2D eigenvalue weighted by molar-refractivity contribution is 8.25. The smallest absolute Gasteiger partial charge is 0.234 e. The Morgan fingerprint density at radius 3 is 2.71 bits per heavy atom. The van der Waals surface area contributed by atoms with Gasteiger partial charge in [0.15, 0.2) is 0 Å². The van der Waals surface area contributed by atoms with E-state index in [9.17, 15) is 0 Å². The van der Waals surface area contributed by atoms with Crippen molar-refractivity contribution in [2.24, 2.45) is 0 Å². The van der Waals surface area contributed by atoms with E-state index in [4.69, 9.17) is 5.26 Å². The predicted molar refractivity (Wildman–Crippen MR) is 32.8 cm³/mol. The Balaban J connectivity index is 3.23. The van der Waals surface area contributed by atoms with Crippen molar-refractivity contribution in [2.45, 2.75) is 0 Å². The fourth-order valence-electron chi connectivity index (χ4n) is 0.0789. The molecule has 0 rings (SSSR count). The van der Waals surface area contributed by atoms with E-state index in [1.807, 2.05) is 0 Å². The van der Waals surface area contributed by atoms with Gasteiger partial charge in [0, 0.05) is 11.8 Å². The van der Waals surface area contributed by atoms with Crippen LogP contribution in [0.3, 0.4) is 0 Å². The van der Waals surface area contributed by atoms with E-state index in [0.29, 0.717) is 0 Å². The van der Waals surface area contributed by atoms with Gasteiger partial charge in [-0.2, -0.15) is 5.26 Å². The number of methoxy groups -OCH3 is 1. The van der Waals surface area contributed by atoms with Gasteiger partial charge >= 0.3 is 0 Å². The molecule has 0 radical (unpaired) electrons. The summed E-state index contributed by atoms with van der Waals surface area (Å²) in [6.45, 7) is 0. The molecular weight excluding hydrogens is 130 g/mol. The standard InChI is InChI=1S/C3H3NOS2/c1-5-3(6)7-2-4/h1H3. The molecule has 0 fully saturated rings. The van der Waals surface area contributed by atoms with Crippen molar-refractivity contribution >= 4 is 28.4 Å². The molecule has 2 nitrogen and oxygen atoms in total. The van der Waals surface area contributed by atoms with Gasteiger partial charge in [0.2, 0.25) is 4.38 Å². The maximum Gasteiger partial charge on any atom is 0.234 e. The zero-order chi connectivity index (χ0) is 5.70. The maximum atomic E-state index is 7.91. The van der Waals surface area contributed by atoms with Gasteiger partial charge in [-0.25, -0.2) is 0 Å². The summed E-state index contributed by atoms with van der Waals surface area (Å²) < 4.78 is 4.73. The van der Waals surface area contributed by atoms with Gasteiger partial charge in [-0.3, -0.25) is 0 Å². The molecule has 0 aromatic heterocycles. The van der Waals surface area contributed by atoms with E-state index in [1.54, 1.807) is 5.40 Å². The zero-order valence-electron chi connectivity index (χ0n) is 3.67. The lowest BCUT2D eigenvalue weighted by molar-refractivity contribution is 0.426. The molecule has 0 aliphatic heterocycles. The van der Waals surface area contributed by atoms with E-state index in [-0.39, 0.29) is 4.38 Å². The summed E-state index contributed by atoms with van der Waals surface area (Å²) in [5.41, 5.74) is 0. The molecule has 0 aliphatic carbocycles. The number of nitriles is 1. The van der Waals surface area contributed by atoms with Crippen LogP contribution in [0.2, 0.25) is 0 Å². The lowest BCUT2D eigenvalue weighted by Gasteiger charge is -1.88. The van der Waals surface area contributed by atoms with E-state index in [2.05, 4.69) is 17.0 Å². The Kier molecular flexibility index (Phi) is 3.75. The third-order valence-corrected chi connectivity index (χ3v) is 1.14. The van der Waals surface area contributed by atoms with Crippen molar-refractivity contribution in [3.8, 4) is 5.40 Å². The second kappa shape index (κ2) is 3.90. The topological polar surface area (TPSA) is 33.0 Å². The minimum Gasteiger partial charge on any atom is -0.481 e. The number of thiocyanates is 1. The predicted octanol–water partition coefficient (Wildman–Crippen LogP) is 1.13. The first-order valence-electron chi connectivity index (χ1n) is 1.45. The van der Waals surface area contributed by atoms with Crippen LogP contribution >= 0.6 is 24.0 Å². The SMILES string of the molecule is COC(=S)SC#N. The lowest BCUT2D eigenvalue weighted by Crippen LogP contribution is -1.85. The molecule has 0 atom stereocenters. The van der Waals surface area contributed by atoms with Gasteiger partial charge in [0.25, 0.3) is 0 Å². The van der Waals surface area contributed by atoms with Crippen LogP contribution in [0.5, 0.6) is 0 Å². The minimum atomic E-state index is 0.266. The Bertz CT molecular complexity index is 106. The number of hydrogen-bond acceptors (Lipinski definition) is 4. The number of ether oxygens (including phenoxy) is 1. The van der Waals surface area contributed by atoms with Gasteiger partial charge in [-0.05, 0) is 12.2 Å². The highest BCUT2D eigenvalue weighted by atomic mass is 32.2. The fraction of sp³-hybridized carbons (Fsp3) is 0.333. The molecule has 0 saturated carbocycles. The van der Waals surface area contributed by atoms with Gasteiger partial charge in [0.1, 0.15) is 5.40 Å². The second-order valence-electron chi connectivity index (χ2n) is 0.647. The van der Waals surface area contributed by atoms with E-state index >= 15 is 0 Å². The molecule has 0 amide bonds. The Hall–Kier alpha value is -0.270. The summed E-state index contributed by atoms with van der Waals surface area (Å²) in [6.07, 6.45) is 0. The highest BCUT2D eigenvalue weighted by Gasteiger charge is 1.88. The van der Waals surface area contributed by atoms with Crippen molar-refractivity contribution < 1.29 is 4.74 Å². The second-order valence-corrected chi connectivity index (χ2v) is 2.03. The monoisotopic (exact) mass is 133 g/mol. The first-order valence-corrected chi connectivity index (χ1v) is 2.67. The third kappa shape index (κ3) is 3.56. The third-order valence-electron chi connectivity index (χ3n) is 0.296. The summed E-state index contributed by atoms with van der Waals surface area (Å²) in [6, 6.07) is 0. The molecule has 0 saturated heterocycles. The Morgan fingerprint density at radius 1 is 2.00 bits per heavy atom.